The van der Waals surface area contributed by atoms with Gasteiger partial charge in [0.1, 0.15) is 0 Å². The van der Waals surface area contributed by atoms with E-state index in [1.54, 1.807) is 6.92 Å². The minimum Gasteiger partial charge on any atom is -0.323 e. The molecule has 0 aromatic rings. The number of rotatable bonds is 0. The summed E-state index contributed by atoms with van der Waals surface area (Å²) in [7, 11) is 0. The maximum Gasteiger partial charge on any atom is 0.285 e. The van der Waals surface area contributed by atoms with Crippen molar-refractivity contribution in [1.82, 2.24) is 0 Å². The maximum atomic E-state index is 5.13. The van der Waals surface area contributed by atoms with E-state index < -0.39 is 0 Å². The molecular formula is C3H8N3S+. The third-order valence-corrected chi connectivity index (χ3v) is 0.422. The average Bonchev–Trinajstić information content (AvgIpc) is 1.27. The summed E-state index contributed by atoms with van der Waals surface area (Å²) in [6.07, 6.45) is 0. The molecule has 0 heterocycles. The molecule has 5 N–H and O–H groups in total. The predicted octanol–water partition coefficient (Wildman–Crippen LogP) is -2.31. The number of hydrogen-bond donors (Lipinski definition) is 3. The number of thiocarbonyl (C=S) groups is 1. The molecule has 0 aromatic carbocycles. The van der Waals surface area contributed by atoms with Crippen molar-refractivity contribution in [2.45, 2.75) is 6.92 Å². The third kappa shape index (κ3) is 5.36. The molecule has 0 saturated heterocycles. The van der Waals surface area contributed by atoms with Gasteiger partial charge in [0.15, 0.2) is 5.84 Å². The zero-order chi connectivity index (χ0) is 5.86. The van der Waals surface area contributed by atoms with Crippen LogP contribution in [0.4, 0.5) is 0 Å². The summed E-state index contributed by atoms with van der Waals surface area (Å²) in [4.78, 5) is 2.51. The first-order valence-corrected chi connectivity index (χ1v) is 2.19. The molecule has 0 aromatic heterocycles. The number of hydrogen-bond acceptors (Lipinski definition) is 1. The van der Waals surface area contributed by atoms with Crippen molar-refractivity contribution in [2.75, 3.05) is 0 Å². The molecule has 0 atom stereocenters. The molecule has 40 valence electrons. The molecule has 0 radical (unpaired) electrons. The van der Waals surface area contributed by atoms with E-state index in [0.717, 1.165) is 0 Å². The standard InChI is InChI=1S/C3H7N3S/c1-2(4)6-3(5)7/h1H3,(H4,4,5,6,7)/p+1. The zero-order valence-electron chi connectivity index (χ0n) is 4.06. The van der Waals surface area contributed by atoms with Crippen molar-refractivity contribution in [3.63, 3.8) is 0 Å². The molecule has 0 spiro atoms. The predicted molar refractivity (Wildman–Crippen MR) is 32.6 cm³/mol. The van der Waals surface area contributed by atoms with Crippen LogP contribution in [-0.2, 0) is 0 Å². The van der Waals surface area contributed by atoms with E-state index in [9.17, 15) is 0 Å². The highest BCUT2D eigenvalue weighted by Gasteiger charge is 1.83. The Morgan fingerprint density at radius 3 is 2.00 bits per heavy atom. The lowest BCUT2D eigenvalue weighted by Crippen LogP contribution is -2.80. The van der Waals surface area contributed by atoms with Gasteiger partial charge in [-0.05, 0) is 12.2 Å². The van der Waals surface area contributed by atoms with Gasteiger partial charge in [0.25, 0.3) is 5.11 Å². The Morgan fingerprint density at radius 1 is 1.57 bits per heavy atom. The zero-order valence-corrected chi connectivity index (χ0v) is 4.88. The number of nitrogens with one attached hydrogen (secondary N) is 1. The minimum atomic E-state index is 0.208. The van der Waals surface area contributed by atoms with Gasteiger partial charge < -0.3 is 11.5 Å². The summed E-state index contributed by atoms with van der Waals surface area (Å²) >= 11 is 4.44. The van der Waals surface area contributed by atoms with Crippen LogP contribution in [-0.4, -0.2) is 10.9 Å². The lowest BCUT2D eigenvalue weighted by molar-refractivity contribution is -0.314. The van der Waals surface area contributed by atoms with Gasteiger partial charge in [-0.25, -0.2) is 4.99 Å². The second-order valence-corrected chi connectivity index (χ2v) is 1.61. The Morgan fingerprint density at radius 2 is 2.00 bits per heavy atom. The Balaban J connectivity index is 3.68. The van der Waals surface area contributed by atoms with Gasteiger partial charge >= 0.3 is 0 Å². The summed E-state index contributed by atoms with van der Waals surface area (Å²) in [5.74, 6) is 0.521. The molecule has 0 saturated carbocycles. The number of amidine groups is 1. The highest BCUT2D eigenvalue weighted by molar-refractivity contribution is 7.79. The van der Waals surface area contributed by atoms with Crippen molar-refractivity contribution in [2.24, 2.45) is 11.5 Å². The Labute approximate surface area is 47.4 Å². The van der Waals surface area contributed by atoms with Crippen molar-refractivity contribution in [1.29, 1.82) is 0 Å². The second kappa shape index (κ2) is 2.52. The fourth-order valence-corrected chi connectivity index (χ4v) is 0.355. The van der Waals surface area contributed by atoms with Crippen molar-refractivity contribution in [3.05, 3.63) is 0 Å². The molecule has 0 bridgehead atoms. The molecule has 0 unspecified atom stereocenters. The van der Waals surface area contributed by atoms with Gasteiger partial charge in [-0.3, -0.25) is 0 Å². The van der Waals surface area contributed by atoms with E-state index in [1.165, 1.54) is 0 Å². The first kappa shape index (κ1) is 6.36. The van der Waals surface area contributed by atoms with Crippen LogP contribution in [0.5, 0.6) is 0 Å². The van der Waals surface area contributed by atoms with Crippen LogP contribution < -0.4 is 16.5 Å². The van der Waals surface area contributed by atoms with Crippen LogP contribution in [0, 0.1) is 0 Å². The molecule has 0 aliphatic carbocycles. The van der Waals surface area contributed by atoms with Crippen LogP contribution in [0.3, 0.4) is 0 Å². The fraction of sp³-hybridized carbons (Fsp3) is 0.333. The average molecular weight is 118 g/mol. The normalized spacial score (nSPS) is 11.3. The lowest BCUT2D eigenvalue weighted by Gasteiger charge is -1.79. The van der Waals surface area contributed by atoms with E-state index in [-0.39, 0.29) is 5.11 Å². The molecule has 0 fully saturated rings. The molecule has 0 aliphatic rings. The lowest BCUT2D eigenvalue weighted by atomic mass is 10.7. The van der Waals surface area contributed by atoms with Crippen molar-refractivity contribution in [3.8, 4) is 0 Å². The second-order valence-electron chi connectivity index (χ2n) is 1.17. The monoisotopic (exact) mass is 118 g/mol. The summed E-state index contributed by atoms with van der Waals surface area (Å²) < 4.78 is 0. The third-order valence-electron chi connectivity index (χ3n) is 0.320. The van der Waals surface area contributed by atoms with Gasteiger partial charge in [0, 0.05) is 6.92 Å². The molecule has 3 nitrogen and oxygen atoms in total. The van der Waals surface area contributed by atoms with Crippen LogP contribution in [0.1, 0.15) is 6.92 Å². The van der Waals surface area contributed by atoms with E-state index in [1.807, 2.05) is 0 Å². The van der Waals surface area contributed by atoms with Crippen LogP contribution in [0.2, 0.25) is 0 Å². The largest absolute Gasteiger partial charge is 0.323 e. The topological polar surface area (TPSA) is 66.0 Å². The van der Waals surface area contributed by atoms with Crippen molar-refractivity contribution >= 4 is 23.2 Å². The SMILES string of the molecule is C/C(N)=[NH+]/C(N)=S. The van der Waals surface area contributed by atoms with Crippen LogP contribution in [0.25, 0.3) is 0 Å². The van der Waals surface area contributed by atoms with Gasteiger partial charge in [-0.15, -0.1) is 0 Å². The Bertz CT molecular complexity index is 103. The number of nitrogens with two attached hydrogens (primary N) is 2. The first-order chi connectivity index (χ1) is 3.13. The fourth-order valence-electron chi connectivity index (χ4n) is 0.194. The summed E-state index contributed by atoms with van der Waals surface area (Å²) in [5.41, 5.74) is 10.1. The van der Waals surface area contributed by atoms with Gasteiger partial charge in [-0.1, -0.05) is 0 Å². The van der Waals surface area contributed by atoms with Crippen molar-refractivity contribution < 1.29 is 4.99 Å². The maximum absolute atomic E-state index is 5.13. The highest BCUT2D eigenvalue weighted by atomic mass is 32.1. The Kier molecular flexibility index (Phi) is 2.29. The van der Waals surface area contributed by atoms with Gasteiger partial charge in [-0.2, -0.15) is 0 Å². The molecule has 4 heteroatoms. The summed E-state index contributed by atoms with van der Waals surface area (Å²) in [6.45, 7) is 1.68. The quantitative estimate of drug-likeness (QED) is 0.190. The van der Waals surface area contributed by atoms with E-state index in [2.05, 4.69) is 17.2 Å². The molecule has 0 rings (SSSR count). The minimum absolute atomic E-state index is 0.208. The molecule has 0 amide bonds. The van der Waals surface area contributed by atoms with E-state index in [0.29, 0.717) is 5.84 Å². The summed E-state index contributed by atoms with van der Waals surface area (Å²) in [5, 5.41) is 0.208. The van der Waals surface area contributed by atoms with Gasteiger partial charge in [0.2, 0.25) is 0 Å². The molecule has 7 heavy (non-hydrogen) atoms. The van der Waals surface area contributed by atoms with E-state index >= 15 is 0 Å². The summed E-state index contributed by atoms with van der Waals surface area (Å²) in [6, 6.07) is 0. The van der Waals surface area contributed by atoms with Crippen LogP contribution >= 0.6 is 12.2 Å². The highest BCUT2D eigenvalue weighted by Crippen LogP contribution is 1.36. The smallest absolute Gasteiger partial charge is 0.285 e. The van der Waals surface area contributed by atoms with Crippen LogP contribution in [0.15, 0.2) is 0 Å². The van der Waals surface area contributed by atoms with E-state index in [4.69, 9.17) is 11.5 Å². The molecular weight excluding hydrogens is 110 g/mol. The Hall–Kier alpha value is -0.640. The van der Waals surface area contributed by atoms with Gasteiger partial charge in [0.05, 0.1) is 0 Å². The first-order valence-electron chi connectivity index (χ1n) is 1.78. The molecule has 0 aliphatic heterocycles.